The van der Waals surface area contributed by atoms with Gasteiger partial charge in [0.15, 0.2) is 0 Å². The Morgan fingerprint density at radius 3 is 2.81 bits per heavy atom. The van der Waals surface area contributed by atoms with Gasteiger partial charge in [0.05, 0.1) is 5.92 Å². The highest BCUT2D eigenvalue weighted by Crippen LogP contribution is 2.17. The van der Waals surface area contributed by atoms with Gasteiger partial charge in [-0.3, -0.25) is 4.79 Å². The Morgan fingerprint density at radius 1 is 1.50 bits per heavy atom. The highest BCUT2D eigenvalue weighted by Gasteiger charge is 2.17. The standard InChI is InChI=1S/C12H16ClNO2/c13-11-5-1-3-9(8-11)7-10(12(15)16)4-2-6-14/h1,3,5,8,10H,2,4,6-7,14H2,(H,15,16). The molecule has 88 valence electrons. The molecule has 0 saturated carbocycles. The minimum absolute atomic E-state index is 0.373. The average Bonchev–Trinajstić information content (AvgIpc) is 2.24. The molecule has 1 unspecified atom stereocenters. The zero-order chi connectivity index (χ0) is 12.0. The van der Waals surface area contributed by atoms with Crippen LogP contribution in [0.4, 0.5) is 0 Å². The lowest BCUT2D eigenvalue weighted by atomic mass is 9.95. The molecule has 1 atom stereocenters. The van der Waals surface area contributed by atoms with Crippen molar-refractivity contribution in [1.82, 2.24) is 0 Å². The number of carboxylic acid groups (broad SMARTS) is 1. The fourth-order valence-corrected chi connectivity index (χ4v) is 1.84. The third kappa shape index (κ3) is 4.21. The lowest BCUT2D eigenvalue weighted by Gasteiger charge is -2.11. The molecule has 0 aliphatic heterocycles. The first kappa shape index (κ1) is 13.0. The summed E-state index contributed by atoms with van der Waals surface area (Å²) < 4.78 is 0. The van der Waals surface area contributed by atoms with Crippen molar-refractivity contribution < 1.29 is 9.90 Å². The third-order valence-corrected chi connectivity index (χ3v) is 2.71. The van der Waals surface area contributed by atoms with Crippen molar-refractivity contribution in [3.05, 3.63) is 34.9 Å². The van der Waals surface area contributed by atoms with E-state index in [9.17, 15) is 4.79 Å². The van der Waals surface area contributed by atoms with Crippen molar-refractivity contribution in [2.45, 2.75) is 19.3 Å². The second-order valence-corrected chi connectivity index (χ2v) is 4.24. The number of hydrogen-bond donors (Lipinski definition) is 2. The van der Waals surface area contributed by atoms with E-state index in [-0.39, 0.29) is 5.92 Å². The first-order valence-electron chi connectivity index (χ1n) is 5.31. The highest BCUT2D eigenvalue weighted by molar-refractivity contribution is 6.30. The lowest BCUT2D eigenvalue weighted by molar-refractivity contribution is -0.141. The van der Waals surface area contributed by atoms with Crippen LogP contribution in [0.25, 0.3) is 0 Å². The highest BCUT2D eigenvalue weighted by atomic mass is 35.5. The zero-order valence-electron chi connectivity index (χ0n) is 9.03. The van der Waals surface area contributed by atoms with Crippen LogP contribution >= 0.6 is 11.6 Å². The predicted octanol–water partition coefficient (Wildman–Crippen LogP) is 2.32. The van der Waals surface area contributed by atoms with E-state index in [0.717, 1.165) is 12.0 Å². The minimum atomic E-state index is -0.770. The van der Waals surface area contributed by atoms with Crippen molar-refractivity contribution in [2.75, 3.05) is 6.54 Å². The maximum atomic E-state index is 11.0. The number of nitrogens with two attached hydrogens (primary N) is 1. The maximum absolute atomic E-state index is 11.0. The van der Waals surface area contributed by atoms with Crippen molar-refractivity contribution in [3.8, 4) is 0 Å². The molecule has 0 bridgehead atoms. The molecule has 1 rings (SSSR count). The van der Waals surface area contributed by atoms with Gasteiger partial charge < -0.3 is 10.8 Å². The zero-order valence-corrected chi connectivity index (χ0v) is 9.78. The number of halogens is 1. The predicted molar refractivity (Wildman–Crippen MR) is 64.6 cm³/mol. The van der Waals surface area contributed by atoms with Gasteiger partial charge >= 0.3 is 5.97 Å². The summed E-state index contributed by atoms with van der Waals surface area (Å²) in [6.07, 6.45) is 1.85. The van der Waals surface area contributed by atoms with Crippen LogP contribution in [0, 0.1) is 5.92 Å². The fraction of sp³-hybridized carbons (Fsp3) is 0.417. The molecule has 0 spiro atoms. The van der Waals surface area contributed by atoms with E-state index in [4.69, 9.17) is 22.4 Å². The molecular formula is C12H16ClNO2. The Balaban J connectivity index is 2.64. The quantitative estimate of drug-likeness (QED) is 0.804. The molecule has 16 heavy (non-hydrogen) atoms. The summed E-state index contributed by atoms with van der Waals surface area (Å²) in [6.45, 7) is 0.527. The van der Waals surface area contributed by atoms with Gasteiger partial charge in [0.25, 0.3) is 0 Å². The Labute approximate surface area is 100 Å². The van der Waals surface area contributed by atoms with Crippen molar-refractivity contribution in [1.29, 1.82) is 0 Å². The van der Waals surface area contributed by atoms with Gasteiger partial charge in [-0.25, -0.2) is 0 Å². The molecule has 0 aliphatic rings. The topological polar surface area (TPSA) is 63.3 Å². The summed E-state index contributed by atoms with van der Waals surface area (Å²) in [5.74, 6) is -1.14. The SMILES string of the molecule is NCCCC(Cc1cccc(Cl)c1)C(=O)O. The van der Waals surface area contributed by atoms with E-state index >= 15 is 0 Å². The Morgan fingerprint density at radius 2 is 2.25 bits per heavy atom. The number of rotatable bonds is 6. The van der Waals surface area contributed by atoms with Gasteiger partial charge in [-0.2, -0.15) is 0 Å². The van der Waals surface area contributed by atoms with Gasteiger partial charge in [-0.1, -0.05) is 23.7 Å². The Kier molecular flexibility index (Phi) is 5.29. The van der Waals surface area contributed by atoms with Gasteiger partial charge in [-0.05, 0) is 43.5 Å². The Bertz CT molecular complexity index is 355. The van der Waals surface area contributed by atoms with Crippen molar-refractivity contribution >= 4 is 17.6 Å². The molecule has 0 aliphatic carbocycles. The van der Waals surface area contributed by atoms with E-state index in [0.29, 0.717) is 24.4 Å². The summed E-state index contributed by atoms with van der Waals surface area (Å²) in [6, 6.07) is 7.31. The largest absolute Gasteiger partial charge is 0.481 e. The molecule has 0 amide bonds. The van der Waals surface area contributed by atoms with E-state index in [2.05, 4.69) is 0 Å². The molecule has 0 heterocycles. The Hall–Kier alpha value is -1.06. The molecule has 0 radical (unpaired) electrons. The van der Waals surface area contributed by atoms with E-state index < -0.39 is 5.97 Å². The monoisotopic (exact) mass is 241 g/mol. The molecule has 3 N–H and O–H groups in total. The smallest absolute Gasteiger partial charge is 0.306 e. The van der Waals surface area contributed by atoms with Crippen LogP contribution in [0.1, 0.15) is 18.4 Å². The number of carbonyl (C=O) groups is 1. The first-order chi connectivity index (χ1) is 7.63. The maximum Gasteiger partial charge on any atom is 0.306 e. The third-order valence-electron chi connectivity index (χ3n) is 2.48. The number of hydrogen-bond acceptors (Lipinski definition) is 2. The minimum Gasteiger partial charge on any atom is -0.481 e. The molecular weight excluding hydrogens is 226 g/mol. The van der Waals surface area contributed by atoms with Crippen LogP contribution in [0.15, 0.2) is 24.3 Å². The van der Waals surface area contributed by atoms with Gasteiger partial charge in [-0.15, -0.1) is 0 Å². The fourth-order valence-electron chi connectivity index (χ4n) is 1.63. The van der Waals surface area contributed by atoms with E-state index in [1.165, 1.54) is 0 Å². The summed E-state index contributed by atoms with van der Waals surface area (Å²) >= 11 is 5.84. The molecule has 1 aromatic rings. The summed E-state index contributed by atoms with van der Waals surface area (Å²) in [5, 5.41) is 9.70. The van der Waals surface area contributed by atoms with E-state index in [1.54, 1.807) is 12.1 Å². The molecule has 4 heteroatoms. The van der Waals surface area contributed by atoms with Crippen LogP contribution in [0.2, 0.25) is 5.02 Å². The average molecular weight is 242 g/mol. The number of carboxylic acids is 1. The van der Waals surface area contributed by atoms with E-state index in [1.807, 2.05) is 12.1 Å². The molecule has 0 aromatic heterocycles. The summed E-state index contributed by atoms with van der Waals surface area (Å²) in [5.41, 5.74) is 6.34. The summed E-state index contributed by atoms with van der Waals surface area (Å²) in [7, 11) is 0. The van der Waals surface area contributed by atoms with Gasteiger partial charge in [0, 0.05) is 5.02 Å². The number of aliphatic carboxylic acids is 1. The van der Waals surface area contributed by atoms with Gasteiger partial charge in [0.2, 0.25) is 0 Å². The molecule has 1 aromatic carbocycles. The molecule has 0 saturated heterocycles. The van der Waals surface area contributed by atoms with Gasteiger partial charge in [0.1, 0.15) is 0 Å². The summed E-state index contributed by atoms with van der Waals surface area (Å²) in [4.78, 5) is 11.0. The lowest BCUT2D eigenvalue weighted by Crippen LogP contribution is -2.17. The van der Waals surface area contributed by atoms with Crippen molar-refractivity contribution in [3.63, 3.8) is 0 Å². The van der Waals surface area contributed by atoms with Crippen LogP contribution in [-0.2, 0) is 11.2 Å². The van der Waals surface area contributed by atoms with Crippen LogP contribution in [0.5, 0.6) is 0 Å². The van der Waals surface area contributed by atoms with Crippen LogP contribution < -0.4 is 5.73 Å². The second-order valence-electron chi connectivity index (χ2n) is 3.80. The van der Waals surface area contributed by atoms with Crippen LogP contribution in [-0.4, -0.2) is 17.6 Å². The van der Waals surface area contributed by atoms with Crippen LogP contribution in [0.3, 0.4) is 0 Å². The number of benzene rings is 1. The second kappa shape index (κ2) is 6.51. The normalized spacial score (nSPS) is 12.4. The van der Waals surface area contributed by atoms with Crippen molar-refractivity contribution in [2.24, 2.45) is 11.7 Å². The molecule has 3 nitrogen and oxygen atoms in total. The first-order valence-corrected chi connectivity index (χ1v) is 5.68. The molecule has 0 fully saturated rings.